The Morgan fingerprint density at radius 2 is 1.44 bits per heavy atom. The lowest BCUT2D eigenvalue weighted by Crippen LogP contribution is -2.00. The van der Waals surface area contributed by atoms with Crippen molar-refractivity contribution >= 4 is 45.7 Å². The first-order valence-electron chi connectivity index (χ1n) is 10.8. The van der Waals surface area contributed by atoms with Crippen LogP contribution in [-0.2, 0) is 0 Å². The highest BCUT2D eigenvalue weighted by atomic mass is 32.1. The highest BCUT2D eigenvalue weighted by molar-refractivity contribution is 7.00. The number of carbonyl (C=O) groups is 2. The van der Waals surface area contributed by atoms with Crippen LogP contribution in [0.15, 0.2) is 73.1 Å². The summed E-state index contributed by atoms with van der Waals surface area (Å²) < 4.78 is 7.79. The third-order valence-electron chi connectivity index (χ3n) is 5.93. The van der Waals surface area contributed by atoms with Crippen LogP contribution in [0.25, 0.3) is 55.7 Å². The lowest BCUT2D eigenvalue weighted by molar-refractivity contribution is 0.0686. The van der Waals surface area contributed by atoms with Crippen LogP contribution in [0.2, 0.25) is 0 Å². The Hall–Kier alpha value is -4.96. The van der Waals surface area contributed by atoms with Crippen molar-refractivity contribution in [1.29, 1.82) is 0 Å². The smallest absolute Gasteiger partial charge is 0.336 e. The fraction of sp³-hybridized carbons (Fsp3) is 0. The van der Waals surface area contributed by atoms with E-state index in [-0.39, 0.29) is 11.1 Å². The molecular weight excluding hydrogens is 478 g/mol. The minimum Gasteiger partial charge on any atom is -0.478 e. The Kier molecular flexibility index (Phi) is 5.01. The molecule has 0 amide bonds. The molecule has 3 N–H and O–H groups in total. The van der Waals surface area contributed by atoms with Crippen molar-refractivity contribution in [3.8, 4) is 33.6 Å². The number of imidazole rings is 1. The Balaban J connectivity index is 1.74. The van der Waals surface area contributed by atoms with Crippen LogP contribution in [0, 0.1) is 0 Å². The number of aromatic amines is 1. The molecule has 0 aliphatic carbocycles. The van der Waals surface area contributed by atoms with Crippen LogP contribution in [0.4, 0.5) is 0 Å². The van der Waals surface area contributed by atoms with E-state index in [1.54, 1.807) is 60.9 Å². The lowest BCUT2D eigenvalue weighted by atomic mass is 9.93. The fourth-order valence-electron chi connectivity index (χ4n) is 4.30. The number of hydrogen-bond acceptors (Lipinski definition) is 7. The van der Waals surface area contributed by atoms with Gasteiger partial charge in [-0.1, -0.05) is 30.3 Å². The summed E-state index contributed by atoms with van der Waals surface area (Å²) in [5.74, 6) is -1.62. The van der Waals surface area contributed by atoms with E-state index >= 15 is 0 Å². The first-order chi connectivity index (χ1) is 17.5. The van der Waals surface area contributed by atoms with Crippen molar-refractivity contribution in [2.75, 3.05) is 0 Å². The van der Waals surface area contributed by atoms with Crippen LogP contribution in [0.1, 0.15) is 20.7 Å². The van der Waals surface area contributed by atoms with Gasteiger partial charge in [0.15, 0.2) is 5.82 Å². The number of fused-ring (bicyclic) bond motifs is 2. The molecule has 0 fully saturated rings. The molecule has 0 unspecified atom stereocenters. The van der Waals surface area contributed by atoms with E-state index in [2.05, 4.69) is 13.7 Å². The van der Waals surface area contributed by atoms with E-state index in [1.165, 1.54) is 12.1 Å². The number of benzene rings is 3. The molecule has 3 aromatic carbocycles. The molecule has 0 atom stereocenters. The molecule has 6 rings (SSSR count). The number of hydrogen-bond donors (Lipinski definition) is 3. The zero-order valence-electron chi connectivity index (χ0n) is 18.3. The third kappa shape index (κ3) is 3.39. The van der Waals surface area contributed by atoms with E-state index in [9.17, 15) is 19.8 Å². The van der Waals surface area contributed by atoms with Crippen molar-refractivity contribution in [1.82, 2.24) is 23.7 Å². The minimum atomic E-state index is -1.06. The highest BCUT2D eigenvalue weighted by Gasteiger charge is 2.26. The summed E-state index contributed by atoms with van der Waals surface area (Å²) in [5, 5.41) is 19.2. The zero-order chi connectivity index (χ0) is 24.8. The topological polar surface area (TPSA) is 142 Å². The van der Waals surface area contributed by atoms with Crippen molar-refractivity contribution in [2.24, 2.45) is 0 Å². The van der Waals surface area contributed by atoms with Crippen LogP contribution < -0.4 is 0 Å². The SMILES string of the molecule is O=C(O)c1ccc(-c2c3nc(-c4ccncc4)nc3c(-c3ccccc3C(=O)O)c3ns[nH]c23)cc1. The molecule has 6 aromatic rings. The molecule has 3 heterocycles. The van der Waals surface area contributed by atoms with Gasteiger partial charge in [-0.3, -0.25) is 9.36 Å². The maximum Gasteiger partial charge on any atom is 0.336 e. The maximum atomic E-state index is 12.1. The Labute approximate surface area is 207 Å². The number of carboxylic acid groups (broad SMARTS) is 2. The molecule has 0 aliphatic heterocycles. The van der Waals surface area contributed by atoms with Crippen LogP contribution >= 0.6 is 11.7 Å². The van der Waals surface area contributed by atoms with Gasteiger partial charge < -0.3 is 10.2 Å². The predicted molar refractivity (Wildman–Crippen MR) is 135 cm³/mol. The number of pyridine rings is 1. The first-order valence-corrected chi connectivity index (χ1v) is 11.5. The van der Waals surface area contributed by atoms with Gasteiger partial charge in [-0.2, -0.15) is 4.37 Å². The van der Waals surface area contributed by atoms with Crippen LogP contribution in [-0.4, -0.2) is 45.9 Å². The largest absolute Gasteiger partial charge is 0.478 e. The molecule has 174 valence electrons. The van der Waals surface area contributed by atoms with Gasteiger partial charge in [-0.15, -0.1) is 0 Å². The second-order valence-electron chi connectivity index (χ2n) is 7.97. The standard InChI is InChI=1S/C26H15N5O4S/c32-25(33)15-7-5-13(6-8-15)18-20-21(29-24(28-20)14-9-11-27-12-10-14)19(23-22(18)30-36-31-23)16-3-1-2-4-17(16)26(34)35/h1-12,30H,(H,32,33)(H,34,35). The van der Waals surface area contributed by atoms with Gasteiger partial charge >= 0.3 is 11.9 Å². The van der Waals surface area contributed by atoms with Gasteiger partial charge in [0.05, 0.1) is 16.6 Å². The monoisotopic (exact) mass is 493 g/mol. The molecule has 9 nitrogen and oxygen atoms in total. The number of rotatable bonds is 5. The third-order valence-corrected chi connectivity index (χ3v) is 6.50. The minimum absolute atomic E-state index is 0.125. The van der Waals surface area contributed by atoms with Gasteiger partial charge in [-0.05, 0) is 35.9 Å². The molecular formula is C26H15N5O4S. The highest BCUT2D eigenvalue weighted by Crippen LogP contribution is 2.43. The zero-order valence-corrected chi connectivity index (χ0v) is 19.2. The number of nitrogens with zero attached hydrogens (tertiary/aromatic N) is 4. The number of nitrogens with one attached hydrogen (secondary N) is 1. The van der Waals surface area contributed by atoms with Crippen molar-refractivity contribution in [2.45, 2.75) is 0 Å². The number of aromatic carboxylic acids is 2. The molecule has 0 aliphatic rings. The summed E-state index contributed by atoms with van der Waals surface area (Å²) in [4.78, 5) is 37.3. The van der Waals surface area contributed by atoms with Gasteiger partial charge in [0.2, 0.25) is 0 Å². The second-order valence-corrected chi connectivity index (χ2v) is 8.54. The second kappa shape index (κ2) is 8.36. The van der Waals surface area contributed by atoms with Gasteiger partial charge in [0.25, 0.3) is 0 Å². The molecule has 10 heteroatoms. The van der Waals surface area contributed by atoms with E-state index in [1.807, 2.05) is 0 Å². The lowest BCUT2D eigenvalue weighted by Gasteiger charge is -2.11. The summed E-state index contributed by atoms with van der Waals surface area (Å²) in [5.41, 5.74) is 5.78. The van der Waals surface area contributed by atoms with Crippen molar-refractivity contribution in [3.05, 3.63) is 84.2 Å². The van der Waals surface area contributed by atoms with Crippen LogP contribution in [0.3, 0.4) is 0 Å². The van der Waals surface area contributed by atoms with Gasteiger partial charge in [0, 0.05) is 46.4 Å². The summed E-state index contributed by atoms with van der Waals surface area (Å²) in [6.45, 7) is 0. The van der Waals surface area contributed by atoms with E-state index in [0.29, 0.717) is 44.6 Å². The molecule has 0 bridgehead atoms. The predicted octanol–water partition coefficient (Wildman–Crippen LogP) is 5.36. The number of aromatic nitrogens is 5. The molecule has 0 saturated heterocycles. The molecule has 36 heavy (non-hydrogen) atoms. The summed E-state index contributed by atoms with van der Waals surface area (Å²) in [6, 6.07) is 16.8. The summed E-state index contributed by atoms with van der Waals surface area (Å²) in [7, 11) is 0. The molecule has 0 saturated carbocycles. The Morgan fingerprint density at radius 3 is 2.14 bits per heavy atom. The van der Waals surface area contributed by atoms with Crippen molar-refractivity contribution < 1.29 is 19.8 Å². The average Bonchev–Trinajstić information content (AvgIpc) is 3.55. The van der Waals surface area contributed by atoms with Crippen LogP contribution in [0.5, 0.6) is 0 Å². The summed E-state index contributed by atoms with van der Waals surface area (Å²) >= 11 is 1.13. The Morgan fingerprint density at radius 1 is 0.750 bits per heavy atom. The van der Waals surface area contributed by atoms with Crippen molar-refractivity contribution in [3.63, 3.8) is 0 Å². The average molecular weight is 494 g/mol. The number of carboxylic acids is 2. The maximum absolute atomic E-state index is 12.1. The quantitative estimate of drug-likeness (QED) is 0.291. The van der Waals surface area contributed by atoms with E-state index in [0.717, 1.165) is 22.9 Å². The fourth-order valence-corrected chi connectivity index (χ4v) is 4.91. The Bertz CT molecular complexity index is 1790. The van der Waals surface area contributed by atoms with Gasteiger partial charge in [0.1, 0.15) is 16.6 Å². The summed E-state index contributed by atoms with van der Waals surface area (Å²) in [6.07, 6.45) is 3.30. The molecule has 0 spiro atoms. The van der Waals surface area contributed by atoms with E-state index < -0.39 is 11.9 Å². The number of H-pyrrole nitrogens is 1. The molecule has 3 aromatic heterocycles. The normalized spacial score (nSPS) is 11.2. The van der Waals surface area contributed by atoms with E-state index in [4.69, 9.17) is 9.97 Å². The molecule has 0 radical (unpaired) electrons. The van der Waals surface area contributed by atoms with Gasteiger partial charge in [-0.25, -0.2) is 19.6 Å². The first kappa shape index (κ1) is 21.6.